The van der Waals surface area contributed by atoms with E-state index in [1.807, 2.05) is 20.8 Å². The Morgan fingerprint density at radius 1 is 1.17 bits per heavy atom. The standard InChI is InChI=1S/C23H30N2O4S/c1-16-7-8-17(2)22(14-16)18(3)24-23(26)19-6-5-13-25(15-19)30(27,28)21-11-9-20(29-4)10-12-21/h7-12,14,18-19H,5-6,13,15H2,1-4H3,(H,24,26)/t18-,19-/m0/s1. The number of benzene rings is 2. The van der Waals surface area contributed by atoms with E-state index < -0.39 is 10.0 Å². The monoisotopic (exact) mass is 430 g/mol. The van der Waals surface area contributed by atoms with Crippen molar-refractivity contribution in [2.75, 3.05) is 20.2 Å². The van der Waals surface area contributed by atoms with Gasteiger partial charge in [-0.25, -0.2) is 8.42 Å². The van der Waals surface area contributed by atoms with Gasteiger partial charge >= 0.3 is 0 Å². The molecular weight excluding hydrogens is 400 g/mol. The zero-order valence-electron chi connectivity index (χ0n) is 18.0. The number of rotatable bonds is 6. The van der Waals surface area contributed by atoms with Gasteiger partial charge in [0.2, 0.25) is 15.9 Å². The number of methoxy groups -OCH3 is 1. The van der Waals surface area contributed by atoms with Gasteiger partial charge in [-0.2, -0.15) is 4.31 Å². The predicted molar refractivity (Wildman–Crippen MR) is 117 cm³/mol. The van der Waals surface area contributed by atoms with Gasteiger partial charge in [-0.1, -0.05) is 23.8 Å². The van der Waals surface area contributed by atoms with Crippen molar-refractivity contribution in [1.29, 1.82) is 0 Å². The van der Waals surface area contributed by atoms with Crippen LogP contribution in [0.1, 0.15) is 42.5 Å². The minimum atomic E-state index is -3.65. The first-order valence-electron chi connectivity index (χ1n) is 10.2. The van der Waals surface area contributed by atoms with Crippen LogP contribution in [-0.2, 0) is 14.8 Å². The Labute approximate surface area is 179 Å². The molecule has 30 heavy (non-hydrogen) atoms. The molecule has 7 heteroatoms. The third kappa shape index (κ3) is 4.84. The van der Waals surface area contributed by atoms with Gasteiger partial charge in [0.25, 0.3) is 0 Å². The smallest absolute Gasteiger partial charge is 0.243 e. The maximum Gasteiger partial charge on any atom is 0.243 e. The van der Waals surface area contributed by atoms with Gasteiger partial charge < -0.3 is 10.1 Å². The number of aryl methyl sites for hydroxylation is 2. The Balaban J connectivity index is 1.70. The molecule has 2 aromatic carbocycles. The number of sulfonamides is 1. The van der Waals surface area contributed by atoms with Crippen LogP contribution in [0.25, 0.3) is 0 Å². The van der Waals surface area contributed by atoms with Crippen molar-refractivity contribution in [3.63, 3.8) is 0 Å². The van der Waals surface area contributed by atoms with Gasteiger partial charge in [-0.15, -0.1) is 0 Å². The third-order valence-corrected chi connectivity index (χ3v) is 7.59. The number of carbonyl (C=O) groups is 1. The van der Waals surface area contributed by atoms with Gasteiger partial charge in [-0.05, 0) is 69.0 Å². The van der Waals surface area contributed by atoms with E-state index in [0.29, 0.717) is 25.1 Å². The van der Waals surface area contributed by atoms with Crippen molar-refractivity contribution in [2.45, 2.75) is 44.6 Å². The number of carbonyl (C=O) groups excluding carboxylic acids is 1. The molecule has 1 amide bonds. The van der Waals surface area contributed by atoms with Crippen LogP contribution in [-0.4, -0.2) is 38.8 Å². The van der Waals surface area contributed by atoms with Crippen molar-refractivity contribution in [2.24, 2.45) is 5.92 Å². The molecule has 1 saturated heterocycles. The lowest BCUT2D eigenvalue weighted by Gasteiger charge is -2.32. The molecule has 1 N–H and O–H groups in total. The Morgan fingerprint density at radius 2 is 1.87 bits per heavy atom. The maximum absolute atomic E-state index is 13.0. The summed E-state index contributed by atoms with van der Waals surface area (Å²) < 4.78 is 32.6. The second-order valence-electron chi connectivity index (χ2n) is 7.97. The van der Waals surface area contributed by atoms with Crippen molar-refractivity contribution < 1.29 is 17.9 Å². The van der Waals surface area contributed by atoms with E-state index >= 15 is 0 Å². The molecule has 0 aliphatic carbocycles. The van der Waals surface area contributed by atoms with Crippen LogP contribution in [0.4, 0.5) is 0 Å². The molecule has 1 heterocycles. The minimum Gasteiger partial charge on any atom is -0.497 e. The number of amides is 1. The maximum atomic E-state index is 13.0. The van der Waals surface area contributed by atoms with Crippen LogP contribution in [0.15, 0.2) is 47.4 Å². The fourth-order valence-electron chi connectivity index (χ4n) is 3.91. The summed E-state index contributed by atoms with van der Waals surface area (Å²) in [5, 5.41) is 3.08. The number of nitrogens with one attached hydrogen (secondary N) is 1. The molecule has 0 bridgehead atoms. The van der Waals surface area contributed by atoms with Crippen LogP contribution < -0.4 is 10.1 Å². The van der Waals surface area contributed by atoms with Crippen molar-refractivity contribution >= 4 is 15.9 Å². The van der Waals surface area contributed by atoms with Gasteiger partial charge in [0, 0.05) is 13.1 Å². The molecular formula is C23H30N2O4S. The quantitative estimate of drug-likeness (QED) is 0.760. The van der Waals surface area contributed by atoms with E-state index in [1.54, 1.807) is 24.3 Å². The molecule has 0 aromatic heterocycles. The summed E-state index contributed by atoms with van der Waals surface area (Å²) in [6.45, 7) is 6.64. The molecule has 162 valence electrons. The fourth-order valence-corrected chi connectivity index (χ4v) is 5.43. The van der Waals surface area contributed by atoms with Crippen LogP contribution in [0.2, 0.25) is 0 Å². The van der Waals surface area contributed by atoms with Gasteiger partial charge in [-0.3, -0.25) is 4.79 Å². The molecule has 6 nitrogen and oxygen atoms in total. The summed E-state index contributed by atoms with van der Waals surface area (Å²) in [7, 11) is -2.11. The Hall–Kier alpha value is -2.38. The average molecular weight is 431 g/mol. The molecule has 0 spiro atoms. The highest BCUT2D eigenvalue weighted by Gasteiger charge is 2.33. The summed E-state index contributed by atoms with van der Waals surface area (Å²) in [6, 6.07) is 12.4. The second kappa shape index (κ2) is 9.18. The molecule has 3 rings (SSSR count). The van der Waals surface area contributed by atoms with E-state index in [0.717, 1.165) is 16.7 Å². The number of piperidine rings is 1. The molecule has 0 saturated carbocycles. The lowest BCUT2D eigenvalue weighted by Crippen LogP contribution is -2.45. The second-order valence-corrected chi connectivity index (χ2v) is 9.91. The number of ether oxygens (including phenoxy) is 1. The predicted octanol–water partition coefficient (Wildman–Crippen LogP) is 3.59. The molecule has 2 atom stereocenters. The molecule has 0 unspecified atom stereocenters. The highest BCUT2D eigenvalue weighted by molar-refractivity contribution is 7.89. The van der Waals surface area contributed by atoms with E-state index in [-0.39, 0.29) is 29.3 Å². The van der Waals surface area contributed by atoms with Crippen molar-refractivity contribution in [3.8, 4) is 5.75 Å². The largest absolute Gasteiger partial charge is 0.497 e. The number of hydrogen-bond acceptors (Lipinski definition) is 4. The first kappa shape index (κ1) is 22.3. The van der Waals surface area contributed by atoms with E-state index in [9.17, 15) is 13.2 Å². The summed E-state index contributed by atoms with van der Waals surface area (Å²) in [6.07, 6.45) is 1.34. The van der Waals surface area contributed by atoms with Crippen LogP contribution in [0, 0.1) is 19.8 Å². The zero-order chi connectivity index (χ0) is 21.9. The topological polar surface area (TPSA) is 75.7 Å². The van der Waals surface area contributed by atoms with Gasteiger partial charge in [0.1, 0.15) is 5.75 Å². The Morgan fingerprint density at radius 3 is 2.53 bits per heavy atom. The summed E-state index contributed by atoms with van der Waals surface area (Å²) >= 11 is 0. The van der Waals surface area contributed by atoms with Crippen LogP contribution >= 0.6 is 0 Å². The third-order valence-electron chi connectivity index (χ3n) is 5.71. The van der Waals surface area contributed by atoms with Gasteiger partial charge in [0.15, 0.2) is 0 Å². The fraction of sp³-hybridized carbons (Fsp3) is 0.435. The highest BCUT2D eigenvalue weighted by atomic mass is 32.2. The van der Waals surface area contributed by atoms with Crippen LogP contribution in [0.5, 0.6) is 5.75 Å². The zero-order valence-corrected chi connectivity index (χ0v) is 18.8. The Kier molecular flexibility index (Phi) is 6.83. The summed E-state index contributed by atoms with van der Waals surface area (Å²) in [4.78, 5) is 13.1. The minimum absolute atomic E-state index is 0.0990. The summed E-state index contributed by atoms with van der Waals surface area (Å²) in [5.41, 5.74) is 3.36. The molecule has 0 radical (unpaired) electrons. The molecule has 1 aliphatic heterocycles. The molecule has 1 aliphatic rings. The van der Waals surface area contributed by atoms with Crippen molar-refractivity contribution in [1.82, 2.24) is 9.62 Å². The molecule has 2 aromatic rings. The number of hydrogen-bond donors (Lipinski definition) is 1. The SMILES string of the molecule is COc1ccc(S(=O)(=O)N2CCC[C@H](C(=O)N[C@@H](C)c3cc(C)ccc3C)C2)cc1. The lowest BCUT2D eigenvalue weighted by atomic mass is 9.96. The average Bonchev–Trinajstić information content (AvgIpc) is 2.75. The first-order chi connectivity index (χ1) is 14.2. The van der Waals surface area contributed by atoms with Crippen molar-refractivity contribution in [3.05, 3.63) is 59.2 Å². The lowest BCUT2D eigenvalue weighted by molar-refractivity contribution is -0.126. The summed E-state index contributed by atoms with van der Waals surface area (Å²) in [5.74, 6) is 0.141. The van der Waals surface area contributed by atoms with E-state index in [4.69, 9.17) is 4.74 Å². The van der Waals surface area contributed by atoms with E-state index in [2.05, 4.69) is 23.5 Å². The molecule has 1 fully saturated rings. The number of nitrogens with zero attached hydrogens (tertiary/aromatic N) is 1. The van der Waals surface area contributed by atoms with Gasteiger partial charge in [0.05, 0.1) is 24.0 Å². The first-order valence-corrected chi connectivity index (χ1v) is 11.7. The van der Waals surface area contributed by atoms with Crippen LogP contribution in [0.3, 0.4) is 0 Å². The van der Waals surface area contributed by atoms with E-state index in [1.165, 1.54) is 11.4 Å². The highest BCUT2D eigenvalue weighted by Crippen LogP contribution is 2.26. The Bertz CT molecular complexity index is 1000. The normalized spacial score (nSPS) is 18.6.